The SMILES string of the molecule is SCC1CCN(Cc2ccccc2)CC1S. The van der Waals surface area contributed by atoms with Crippen LogP contribution < -0.4 is 0 Å². The lowest BCUT2D eigenvalue weighted by molar-refractivity contribution is 0.194. The van der Waals surface area contributed by atoms with E-state index < -0.39 is 0 Å². The second kappa shape index (κ2) is 5.99. The van der Waals surface area contributed by atoms with Gasteiger partial charge in [-0.3, -0.25) is 4.90 Å². The van der Waals surface area contributed by atoms with Crippen LogP contribution in [0.1, 0.15) is 12.0 Å². The van der Waals surface area contributed by atoms with Crippen molar-refractivity contribution >= 4 is 25.3 Å². The first kappa shape index (κ1) is 12.3. The third-order valence-corrected chi connectivity index (χ3v) is 4.34. The fourth-order valence-corrected chi connectivity index (χ4v) is 3.33. The lowest BCUT2D eigenvalue weighted by Crippen LogP contribution is -2.41. The van der Waals surface area contributed by atoms with Gasteiger partial charge in [0, 0.05) is 18.3 Å². The Balaban J connectivity index is 1.89. The van der Waals surface area contributed by atoms with Crippen LogP contribution in [0.4, 0.5) is 0 Å². The molecule has 1 nitrogen and oxygen atoms in total. The molecule has 2 rings (SSSR count). The van der Waals surface area contributed by atoms with Gasteiger partial charge in [-0.2, -0.15) is 25.3 Å². The Hall–Kier alpha value is -0.120. The minimum absolute atomic E-state index is 0.481. The van der Waals surface area contributed by atoms with Crippen LogP contribution in [0.15, 0.2) is 30.3 Å². The summed E-state index contributed by atoms with van der Waals surface area (Å²) >= 11 is 9.06. The van der Waals surface area contributed by atoms with E-state index in [1.165, 1.54) is 18.5 Å². The van der Waals surface area contributed by atoms with Crippen LogP contribution >= 0.6 is 25.3 Å². The molecule has 2 unspecified atom stereocenters. The van der Waals surface area contributed by atoms with E-state index in [0.717, 1.165) is 18.8 Å². The van der Waals surface area contributed by atoms with Crippen LogP contribution in [0, 0.1) is 5.92 Å². The van der Waals surface area contributed by atoms with Crippen LogP contribution in [-0.2, 0) is 6.54 Å². The Morgan fingerprint density at radius 3 is 2.62 bits per heavy atom. The molecular formula is C13H19NS2. The third-order valence-electron chi connectivity index (χ3n) is 3.29. The molecule has 3 heteroatoms. The summed E-state index contributed by atoms with van der Waals surface area (Å²) in [6, 6.07) is 10.7. The second-order valence-corrected chi connectivity index (χ2v) is 5.55. The molecule has 88 valence electrons. The monoisotopic (exact) mass is 253 g/mol. The molecule has 0 N–H and O–H groups in total. The average molecular weight is 253 g/mol. The van der Waals surface area contributed by atoms with Crippen molar-refractivity contribution in [2.24, 2.45) is 5.92 Å². The summed E-state index contributed by atoms with van der Waals surface area (Å²) in [6.45, 7) is 3.32. The van der Waals surface area contributed by atoms with E-state index in [-0.39, 0.29) is 0 Å². The maximum Gasteiger partial charge on any atom is 0.0234 e. The molecule has 0 bridgehead atoms. The molecule has 1 aromatic carbocycles. The van der Waals surface area contributed by atoms with Crippen LogP contribution in [0.3, 0.4) is 0 Å². The Kier molecular flexibility index (Phi) is 4.62. The highest BCUT2D eigenvalue weighted by atomic mass is 32.1. The first-order valence-electron chi connectivity index (χ1n) is 5.85. The maximum absolute atomic E-state index is 4.67. The lowest BCUT2D eigenvalue weighted by atomic mass is 9.98. The minimum Gasteiger partial charge on any atom is -0.298 e. The van der Waals surface area contributed by atoms with Crippen molar-refractivity contribution in [2.75, 3.05) is 18.8 Å². The van der Waals surface area contributed by atoms with Crippen LogP contribution in [-0.4, -0.2) is 29.0 Å². The predicted molar refractivity (Wildman–Crippen MR) is 76.5 cm³/mol. The number of likely N-dealkylation sites (tertiary alicyclic amines) is 1. The fraction of sp³-hybridized carbons (Fsp3) is 0.538. The lowest BCUT2D eigenvalue weighted by Gasteiger charge is -2.35. The number of rotatable bonds is 3. The first-order chi connectivity index (χ1) is 7.79. The molecule has 0 radical (unpaired) electrons. The highest BCUT2D eigenvalue weighted by molar-refractivity contribution is 7.81. The molecule has 1 aliphatic rings. The van der Waals surface area contributed by atoms with Crippen LogP contribution in [0.25, 0.3) is 0 Å². The summed E-state index contributed by atoms with van der Waals surface area (Å²) < 4.78 is 0. The van der Waals surface area contributed by atoms with Gasteiger partial charge in [-0.15, -0.1) is 0 Å². The van der Waals surface area contributed by atoms with Crippen molar-refractivity contribution in [1.29, 1.82) is 0 Å². The fourth-order valence-electron chi connectivity index (χ4n) is 2.24. The molecular weight excluding hydrogens is 234 g/mol. The Morgan fingerprint density at radius 2 is 2.00 bits per heavy atom. The molecule has 2 atom stereocenters. The van der Waals surface area contributed by atoms with Crippen LogP contribution in [0.5, 0.6) is 0 Å². The van der Waals surface area contributed by atoms with Gasteiger partial charge in [0.05, 0.1) is 0 Å². The van der Waals surface area contributed by atoms with Gasteiger partial charge < -0.3 is 0 Å². The van der Waals surface area contributed by atoms with Crippen molar-refractivity contribution in [3.63, 3.8) is 0 Å². The summed E-state index contributed by atoms with van der Waals surface area (Å²) in [5.41, 5.74) is 1.40. The number of hydrogen-bond donors (Lipinski definition) is 2. The van der Waals surface area contributed by atoms with Crippen molar-refractivity contribution < 1.29 is 0 Å². The topological polar surface area (TPSA) is 3.24 Å². The largest absolute Gasteiger partial charge is 0.298 e. The van der Waals surface area contributed by atoms with Gasteiger partial charge in [0.25, 0.3) is 0 Å². The predicted octanol–water partition coefficient (Wildman–Crippen LogP) is 2.74. The average Bonchev–Trinajstić information content (AvgIpc) is 2.31. The number of hydrogen-bond acceptors (Lipinski definition) is 3. The molecule has 0 amide bonds. The first-order valence-corrected chi connectivity index (χ1v) is 6.99. The number of thiol groups is 2. The minimum atomic E-state index is 0.481. The molecule has 0 saturated carbocycles. The van der Waals surface area contributed by atoms with Crippen LogP contribution in [0.2, 0.25) is 0 Å². The van der Waals surface area contributed by atoms with Crippen molar-refractivity contribution in [3.8, 4) is 0 Å². The Labute approximate surface area is 109 Å². The van der Waals surface area contributed by atoms with Gasteiger partial charge in [-0.05, 0) is 30.2 Å². The molecule has 0 aliphatic carbocycles. The van der Waals surface area contributed by atoms with Gasteiger partial charge in [-0.25, -0.2) is 0 Å². The van der Waals surface area contributed by atoms with Gasteiger partial charge in [-0.1, -0.05) is 30.3 Å². The van der Waals surface area contributed by atoms with Crippen molar-refractivity contribution in [3.05, 3.63) is 35.9 Å². The summed E-state index contributed by atoms with van der Waals surface area (Å²) in [6.07, 6.45) is 1.23. The van der Waals surface area contributed by atoms with E-state index in [1.807, 2.05) is 0 Å². The smallest absolute Gasteiger partial charge is 0.0234 e. The van der Waals surface area contributed by atoms with Crippen molar-refractivity contribution in [1.82, 2.24) is 4.90 Å². The zero-order chi connectivity index (χ0) is 11.4. The molecule has 0 aromatic heterocycles. The number of nitrogens with zero attached hydrogens (tertiary/aromatic N) is 1. The van der Waals surface area contributed by atoms with E-state index >= 15 is 0 Å². The van der Waals surface area contributed by atoms with E-state index in [1.54, 1.807) is 0 Å². The van der Waals surface area contributed by atoms with Gasteiger partial charge in [0.15, 0.2) is 0 Å². The summed E-state index contributed by atoms with van der Waals surface area (Å²) in [4.78, 5) is 2.49. The molecule has 1 saturated heterocycles. The molecule has 1 aliphatic heterocycles. The third kappa shape index (κ3) is 3.19. The Morgan fingerprint density at radius 1 is 1.25 bits per heavy atom. The van der Waals surface area contributed by atoms with E-state index in [4.69, 9.17) is 0 Å². The van der Waals surface area contributed by atoms with E-state index in [2.05, 4.69) is 60.5 Å². The van der Waals surface area contributed by atoms with Gasteiger partial charge >= 0.3 is 0 Å². The van der Waals surface area contributed by atoms with E-state index in [0.29, 0.717) is 11.2 Å². The quantitative estimate of drug-likeness (QED) is 0.784. The molecule has 1 aromatic rings. The summed E-state index contributed by atoms with van der Waals surface area (Å²) in [7, 11) is 0. The van der Waals surface area contributed by atoms with Crippen molar-refractivity contribution in [2.45, 2.75) is 18.2 Å². The molecule has 16 heavy (non-hydrogen) atoms. The Bertz CT molecular complexity index is 315. The molecule has 1 heterocycles. The maximum atomic E-state index is 4.67. The van der Waals surface area contributed by atoms with Gasteiger partial charge in [0.2, 0.25) is 0 Å². The zero-order valence-electron chi connectivity index (χ0n) is 9.42. The second-order valence-electron chi connectivity index (χ2n) is 4.52. The molecule has 1 fully saturated rings. The zero-order valence-corrected chi connectivity index (χ0v) is 11.2. The normalized spacial score (nSPS) is 26.9. The number of benzene rings is 1. The molecule has 0 spiro atoms. The highest BCUT2D eigenvalue weighted by Crippen LogP contribution is 2.24. The summed E-state index contributed by atoms with van der Waals surface area (Å²) in [5, 5.41) is 0.481. The number of piperidine rings is 1. The standard InChI is InChI=1S/C13H19NS2/c15-10-12-6-7-14(9-13(12)16)8-11-4-2-1-3-5-11/h1-5,12-13,15-16H,6-10H2. The highest BCUT2D eigenvalue weighted by Gasteiger charge is 2.25. The van der Waals surface area contributed by atoms with E-state index in [9.17, 15) is 0 Å². The van der Waals surface area contributed by atoms with Gasteiger partial charge in [0.1, 0.15) is 0 Å². The summed E-state index contributed by atoms with van der Waals surface area (Å²) in [5.74, 6) is 1.64.